The summed E-state index contributed by atoms with van der Waals surface area (Å²) in [6.07, 6.45) is 1.62. The molecule has 1 aromatic carbocycles. The monoisotopic (exact) mass is 365 g/mol. The number of rotatable bonds is 2. The molecule has 0 spiro atoms. The van der Waals surface area contributed by atoms with Crippen molar-refractivity contribution < 1.29 is 9.47 Å². The third kappa shape index (κ3) is 1.97. The lowest BCUT2D eigenvalue weighted by Gasteiger charge is -2.10. The summed E-state index contributed by atoms with van der Waals surface area (Å²) >= 11 is 8.10. The average molecular weight is 366 g/mol. The highest BCUT2D eigenvalue weighted by Crippen LogP contribution is 2.36. The number of pyridine rings is 1. The van der Waals surface area contributed by atoms with Crippen LogP contribution in [-0.4, -0.2) is 19.2 Å². The number of aromatic amines is 1. The van der Waals surface area contributed by atoms with Gasteiger partial charge in [0.25, 0.3) is 0 Å². The van der Waals surface area contributed by atoms with E-state index < -0.39 is 0 Å². The minimum atomic E-state index is -0.137. The van der Waals surface area contributed by atoms with Crippen molar-refractivity contribution in [2.24, 2.45) is 0 Å². The highest BCUT2D eigenvalue weighted by atomic mass is 127. The summed E-state index contributed by atoms with van der Waals surface area (Å²) in [4.78, 5) is 15.1. The van der Waals surface area contributed by atoms with Crippen LogP contribution in [0.5, 0.6) is 11.5 Å². The van der Waals surface area contributed by atoms with E-state index in [0.717, 1.165) is 0 Å². The van der Waals surface area contributed by atoms with Gasteiger partial charge in [-0.3, -0.25) is 4.79 Å². The van der Waals surface area contributed by atoms with Crippen molar-refractivity contribution >= 4 is 45.1 Å². The fourth-order valence-electron chi connectivity index (χ4n) is 1.60. The van der Waals surface area contributed by atoms with Crippen LogP contribution in [0.4, 0.5) is 0 Å². The lowest BCUT2D eigenvalue weighted by molar-refractivity contribution is 0.397. The summed E-state index contributed by atoms with van der Waals surface area (Å²) in [5, 5.41) is 0.679. The summed E-state index contributed by atoms with van der Waals surface area (Å²) in [5.41, 5.74) is 0.435. The Morgan fingerprint density at radius 2 is 1.94 bits per heavy atom. The van der Waals surface area contributed by atoms with E-state index in [9.17, 15) is 4.79 Å². The third-order valence-corrected chi connectivity index (χ3v) is 3.60. The second kappa shape index (κ2) is 4.73. The molecule has 0 fully saturated rings. The van der Waals surface area contributed by atoms with Gasteiger partial charge in [-0.15, -0.1) is 0 Å². The van der Waals surface area contributed by atoms with E-state index in [1.807, 2.05) is 22.6 Å². The maximum absolute atomic E-state index is 12.1. The van der Waals surface area contributed by atoms with Crippen LogP contribution in [0, 0.1) is 3.57 Å². The summed E-state index contributed by atoms with van der Waals surface area (Å²) in [6, 6.07) is 1.65. The molecule has 0 aliphatic rings. The molecule has 0 atom stereocenters. The number of nitrogens with one attached hydrogen (secondary N) is 1. The number of hydrogen-bond donors (Lipinski definition) is 1. The van der Waals surface area contributed by atoms with Gasteiger partial charge in [-0.25, -0.2) is 0 Å². The zero-order valence-electron chi connectivity index (χ0n) is 9.14. The molecule has 2 rings (SSSR count). The number of fused-ring (bicyclic) bond motifs is 1. The van der Waals surface area contributed by atoms with Gasteiger partial charge in [0.15, 0.2) is 0 Å². The molecule has 0 amide bonds. The van der Waals surface area contributed by atoms with Crippen LogP contribution in [0.1, 0.15) is 0 Å². The van der Waals surface area contributed by atoms with Crippen molar-refractivity contribution in [1.29, 1.82) is 0 Å². The van der Waals surface area contributed by atoms with Gasteiger partial charge in [0.2, 0.25) is 5.43 Å². The largest absolute Gasteiger partial charge is 0.495 e. The first-order valence-electron chi connectivity index (χ1n) is 4.71. The Morgan fingerprint density at radius 1 is 1.29 bits per heavy atom. The van der Waals surface area contributed by atoms with Crippen LogP contribution in [0.3, 0.4) is 0 Å². The number of aromatic nitrogens is 1. The molecule has 1 N–H and O–H groups in total. The van der Waals surface area contributed by atoms with Crippen LogP contribution in [0.15, 0.2) is 17.1 Å². The molecule has 0 unspecified atom stereocenters. The summed E-state index contributed by atoms with van der Waals surface area (Å²) < 4.78 is 10.9. The van der Waals surface area contributed by atoms with Gasteiger partial charge >= 0.3 is 0 Å². The van der Waals surface area contributed by atoms with Crippen LogP contribution in [-0.2, 0) is 0 Å². The summed E-state index contributed by atoms with van der Waals surface area (Å²) in [7, 11) is 3.02. The average Bonchev–Trinajstić information content (AvgIpc) is 2.34. The standard InChI is InChI=1S/C11H9ClINO3/c1-16-6-3-7(17-2)10-8(9(6)12)11(15)5(13)4-14-10/h3-4H,1-2H3,(H,14,15). The Labute approximate surface area is 116 Å². The molecule has 90 valence electrons. The molecule has 17 heavy (non-hydrogen) atoms. The van der Waals surface area contributed by atoms with Crippen LogP contribution < -0.4 is 14.9 Å². The smallest absolute Gasteiger partial charge is 0.204 e. The van der Waals surface area contributed by atoms with Gasteiger partial charge in [0.05, 0.1) is 33.7 Å². The van der Waals surface area contributed by atoms with Gasteiger partial charge in [0.1, 0.15) is 11.5 Å². The molecule has 0 saturated carbocycles. The molecule has 1 aromatic heterocycles. The Hall–Kier alpha value is -0.950. The first kappa shape index (κ1) is 12.5. The number of ether oxygens (including phenoxy) is 2. The van der Waals surface area contributed by atoms with Gasteiger partial charge in [-0.1, -0.05) is 11.6 Å². The molecule has 0 saturated heterocycles. The molecule has 2 aromatic rings. The fraction of sp³-hybridized carbons (Fsp3) is 0.182. The maximum Gasteiger partial charge on any atom is 0.204 e. The van der Waals surface area contributed by atoms with Crippen molar-refractivity contribution in [3.05, 3.63) is 31.1 Å². The van der Waals surface area contributed by atoms with Crippen molar-refractivity contribution in [3.8, 4) is 11.5 Å². The number of methoxy groups -OCH3 is 2. The first-order valence-corrected chi connectivity index (χ1v) is 6.17. The SMILES string of the molecule is COc1cc(OC)c2[nH]cc(I)c(=O)c2c1Cl. The molecule has 4 nitrogen and oxygen atoms in total. The molecular formula is C11H9ClINO3. The van der Waals surface area contributed by atoms with E-state index in [-0.39, 0.29) is 5.43 Å². The van der Waals surface area contributed by atoms with E-state index in [0.29, 0.717) is 31.0 Å². The Balaban J connectivity index is 3.01. The van der Waals surface area contributed by atoms with Gasteiger partial charge in [-0.2, -0.15) is 0 Å². The number of halogens is 2. The molecule has 6 heteroatoms. The number of H-pyrrole nitrogens is 1. The van der Waals surface area contributed by atoms with Crippen molar-refractivity contribution in [2.75, 3.05) is 14.2 Å². The van der Waals surface area contributed by atoms with E-state index >= 15 is 0 Å². The van der Waals surface area contributed by atoms with Gasteiger partial charge in [-0.05, 0) is 22.6 Å². The third-order valence-electron chi connectivity index (χ3n) is 2.42. The van der Waals surface area contributed by atoms with Gasteiger partial charge < -0.3 is 14.5 Å². The molecule has 0 radical (unpaired) electrons. The zero-order valence-corrected chi connectivity index (χ0v) is 12.0. The van der Waals surface area contributed by atoms with E-state index in [4.69, 9.17) is 21.1 Å². The summed E-state index contributed by atoms with van der Waals surface area (Å²) in [5.74, 6) is 0.943. The molecular weight excluding hydrogens is 356 g/mol. The normalized spacial score (nSPS) is 10.6. The molecule has 0 bridgehead atoms. The quantitative estimate of drug-likeness (QED) is 0.833. The highest BCUT2D eigenvalue weighted by molar-refractivity contribution is 14.1. The lowest BCUT2D eigenvalue weighted by atomic mass is 10.2. The van der Waals surface area contributed by atoms with Crippen LogP contribution in [0.25, 0.3) is 10.9 Å². The fourth-order valence-corrected chi connectivity index (χ4v) is 2.33. The molecule has 1 heterocycles. The Kier molecular flexibility index (Phi) is 3.48. The minimum Gasteiger partial charge on any atom is -0.495 e. The van der Waals surface area contributed by atoms with E-state index in [1.165, 1.54) is 14.2 Å². The second-order valence-corrected chi connectivity index (χ2v) is 4.85. The Bertz CT molecular complexity index is 639. The number of hydrogen-bond acceptors (Lipinski definition) is 3. The topological polar surface area (TPSA) is 51.3 Å². The van der Waals surface area contributed by atoms with Crippen LogP contribution >= 0.6 is 34.2 Å². The van der Waals surface area contributed by atoms with Crippen LogP contribution in [0.2, 0.25) is 5.02 Å². The Morgan fingerprint density at radius 3 is 2.53 bits per heavy atom. The first-order chi connectivity index (χ1) is 8.10. The molecule has 0 aliphatic carbocycles. The van der Waals surface area contributed by atoms with Crippen molar-refractivity contribution in [3.63, 3.8) is 0 Å². The maximum atomic E-state index is 12.1. The predicted molar refractivity (Wildman–Crippen MR) is 75.4 cm³/mol. The second-order valence-electron chi connectivity index (χ2n) is 3.31. The van der Waals surface area contributed by atoms with Gasteiger partial charge in [0, 0.05) is 12.3 Å². The van der Waals surface area contributed by atoms with E-state index in [1.54, 1.807) is 12.3 Å². The van der Waals surface area contributed by atoms with E-state index in [2.05, 4.69) is 4.98 Å². The highest BCUT2D eigenvalue weighted by Gasteiger charge is 2.16. The predicted octanol–water partition coefficient (Wildman–Crippen LogP) is 2.80. The van der Waals surface area contributed by atoms with Crippen molar-refractivity contribution in [1.82, 2.24) is 4.98 Å². The summed E-state index contributed by atoms with van der Waals surface area (Å²) in [6.45, 7) is 0. The minimum absolute atomic E-state index is 0.137. The van der Waals surface area contributed by atoms with Crippen molar-refractivity contribution in [2.45, 2.75) is 0 Å². The zero-order chi connectivity index (χ0) is 12.6. The molecule has 0 aliphatic heterocycles. The lowest BCUT2D eigenvalue weighted by Crippen LogP contribution is -2.08. The number of benzene rings is 1.